The largest absolute Gasteiger partial charge is 0.385 e. The Hall–Kier alpha value is -2.22. The first-order chi connectivity index (χ1) is 12.3. The summed E-state index contributed by atoms with van der Waals surface area (Å²) in [6.45, 7) is 3.36. The highest BCUT2D eigenvalue weighted by atomic mass is 16.5. The molecule has 8 heteroatoms. The first-order valence-electron chi connectivity index (χ1n) is 9.00. The Morgan fingerprint density at radius 2 is 2.08 bits per heavy atom. The van der Waals surface area contributed by atoms with Crippen LogP contribution in [0.3, 0.4) is 0 Å². The van der Waals surface area contributed by atoms with E-state index >= 15 is 0 Å². The molecule has 8 nitrogen and oxygen atoms in total. The maximum atomic E-state index is 11.9. The maximum absolute atomic E-state index is 11.9. The summed E-state index contributed by atoms with van der Waals surface area (Å²) in [4.78, 5) is 14.2. The topological polar surface area (TPSA) is 84.6 Å². The van der Waals surface area contributed by atoms with E-state index in [-0.39, 0.29) is 5.91 Å². The lowest BCUT2D eigenvalue weighted by Gasteiger charge is -2.27. The van der Waals surface area contributed by atoms with Gasteiger partial charge in [0.1, 0.15) is 5.82 Å². The quantitative estimate of drug-likeness (QED) is 0.723. The van der Waals surface area contributed by atoms with E-state index < -0.39 is 0 Å². The average Bonchev–Trinajstić information content (AvgIpc) is 3.06. The molecule has 1 aliphatic heterocycles. The Morgan fingerprint density at radius 3 is 2.88 bits per heavy atom. The van der Waals surface area contributed by atoms with Gasteiger partial charge in [-0.15, -0.1) is 15.3 Å². The molecule has 1 fully saturated rings. The van der Waals surface area contributed by atoms with Crippen LogP contribution < -0.4 is 10.2 Å². The minimum absolute atomic E-state index is 0.0139. The van der Waals surface area contributed by atoms with Crippen molar-refractivity contribution in [2.75, 3.05) is 38.3 Å². The van der Waals surface area contributed by atoms with Gasteiger partial charge in [-0.25, -0.2) is 0 Å². The van der Waals surface area contributed by atoms with Gasteiger partial charge < -0.3 is 15.0 Å². The first-order valence-corrected chi connectivity index (χ1v) is 9.00. The van der Waals surface area contributed by atoms with Gasteiger partial charge in [0.15, 0.2) is 11.5 Å². The molecule has 0 unspecified atom stereocenters. The lowest BCUT2D eigenvalue weighted by Crippen LogP contribution is -2.30. The first kappa shape index (κ1) is 17.6. The van der Waals surface area contributed by atoms with Crippen LogP contribution >= 0.6 is 0 Å². The highest BCUT2D eigenvalue weighted by Crippen LogP contribution is 2.18. The van der Waals surface area contributed by atoms with Crippen LogP contribution in [0.5, 0.6) is 0 Å². The van der Waals surface area contributed by atoms with Gasteiger partial charge in [0, 0.05) is 46.2 Å². The van der Waals surface area contributed by atoms with Gasteiger partial charge in [0.05, 0.1) is 0 Å². The molecular weight excluding hydrogens is 320 g/mol. The SMILES string of the molecule is COCCCNC(=O)CCc1nnc2ccc(N3CCCCC3)nn12. The standard InChI is InChI=1S/C17H26N6O2/c1-25-13-5-10-18-17(24)9-8-15-20-19-14-6-7-16(21-23(14)15)22-11-3-2-4-12-22/h6-7H,2-5,8-13H2,1H3,(H,18,24). The van der Waals surface area contributed by atoms with E-state index in [1.807, 2.05) is 12.1 Å². The number of fused-ring (bicyclic) bond motifs is 1. The maximum Gasteiger partial charge on any atom is 0.220 e. The van der Waals surface area contributed by atoms with Crippen molar-refractivity contribution in [1.29, 1.82) is 0 Å². The van der Waals surface area contributed by atoms with Gasteiger partial charge in [0.2, 0.25) is 5.91 Å². The summed E-state index contributed by atoms with van der Waals surface area (Å²) in [5, 5.41) is 15.9. The molecule has 1 amide bonds. The predicted molar refractivity (Wildman–Crippen MR) is 94.7 cm³/mol. The fourth-order valence-corrected chi connectivity index (χ4v) is 3.03. The van der Waals surface area contributed by atoms with E-state index in [1.54, 1.807) is 11.6 Å². The number of hydrogen-bond donors (Lipinski definition) is 1. The second-order valence-electron chi connectivity index (χ2n) is 6.32. The molecule has 136 valence electrons. The van der Waals surface area contributed by atoms with Crippen molar-refractivity contribution in [3.8, 4) is 0 Å². The third-order valence-corrected chi connectivity index (χ3v) is 4.42. The number of piperidine rings is 1. The number of aryl methyl sites for hydroxylation is 1. The number of rotatable bonds is 8. The Kier molecular flexibility index (Phi) is 6.16. The average molecular weight is 346 g/mol. The molecule has 3 rings (SSSR count). The number of hydrogen-bond acceptors (Lipinski definition) is 6. The number of amides is 1. The van der Waals surface area contributed by atoms with Crippen LogP contribution in [0.2, 0.25) is 0 Å². The number of nitrogens with one attached hydrogen (secondary N) is 1. The summed E-state index contributed by atoms with van der Waals surface area (Å²) in [5.74, 6) is 1.69. The Labute approximate surface area is 147 Å². The molecule has 1 aliphatic rings. The monoisotopic (exact) mass is 346 g/mol. The Bertz CT molecular complexity index is 696. The Morgan fingerprint density at radius 1 is 1.24 bits per heavy atom. The van der Waals surface area contributed by atoms with Gasteiger partial charge >= 0.3 is 0 Å². The summed E-state index contributed by atoms with van der Waals surface area (Å²) in [5.41, 5.74) is 0.719. The normalized spacial score (nSPS) is 14.8. The third-order valence-electron chi connectivity index (χ3n) is 4.42. The lowest BCUT2D eigenvalue weighted by atomic mass is 10.1. The summed E-state index contributed by atoms with van der Waals surface area (Å²) in [7, 11) is 1.66. The van der Waals surface area contributed by atoms with Gasteiger partial charge in [-0.05, 0) is 37.8 Å². The lowest BCUT2D eigenvalue weighted by molar-refractivity contribution is -0.121. The minimum Gasteiger partial charge on any atom is -0.385 e. The van der Waals surface area contributed by atoms with Crippen molar-refractivity contribution in [2.24, 2.45) is 0 Å². The molecule has 3 heterocycles. The van der Waals surface area contributed by atoms with Gasteiger partial charge in [-0.1, -0.05) is 0 Å². The van der Waals surface area contributed by atoms with Crippen LogP contribution in [0.1, 0.15) is 37.9 Å². The second-order valence-corrected chi connectivity index (χ2v) is 6.32. The van der Waals surface area contributed by atoms with E-state index in [0.717, 1.165) is 36.8 Å². The van der Waals surface area contributed by atoms with Crippen molar-refractivity contribution >= 4 is 17.4 Å². The molecule has 2 aromatic rings. The zero-order valence-electron chi connectivity index (χ0n) is 14.8. The highest BCUT2D eigenvalue weighted by Gasteiger charge is 2.15. The van der Waals surface area contributed by atoms with E-state index in [9.17, 15) is 4.79 Å². The number of carbonyl (C=O) groups is 1. The van der Waals surface area contributed by atoms with E-state index in [0.29, 0.717) is 26.0 Å². The van der Waals surface area contributed by atoms with Crippen LogP contribution in [0.4, 0.5) is 5.82 Å². The third kappa shape index (κ3) is 4.66. The summed E-state index contributed by atoms with van der Waals surface area (Å²) < 4.78 is 6.73. The molecule has 25 heavy (non-hydrogen) atoms. The predicted octanol–water partition coefficient (Wildman–Crippen LogP) is 1.20. The molecule has 0 radical (unpaired) electrons. The molecule has 0 aromatic carbocycles. The van der Waals surface area contributed by atoms with Crippen LogP contribution in [0, 0.1) is 0 Å². The highest BCUT2D eigenvalue weighted by molar-refractivity contribution is 5.76. The van der Waals surface area contributed by atoms with Crippen molar-refractivity contribution in [2.45, 2.75) is 38.5 Å². The van der Waals surface area contributed by atoms with Crippen molar-refractivity contribution in [1.82, 2.24) is 25.1 Å². The van der Waals surface area contributed by atoms with Crippen molar-refractivity contribution < 1.29 is 9.53 Å². The van der Waals surface area contributed by atoms with Crippen LogP contribution in [0.25, 0.3) is 5.65 Å². The number of anilines is 1. The van der Waals surface area contributed by atoms with Gasteiger partial charge in [-0.3, -0.25) is 4.79 Å². The number of nitrogens with zero attached hydrogens (tertiary/aromatic N) is 5. The second kappa shape index (κ2) is 8.75. The zero-order valence-corrected chi connectivity index (χ0v) is 14.8. The van der Waals surface area contributed by atoms with Gasteiger partial charge in [-0.2, -0.15) is 4.52 Å². The molecular formula is C17H26N6O2. The number of ether oxygens (including phenoxy) is 1. The number of methoxy groups -OCH3 is 1. The van der Waals surface area contributed by atoms with Crippen molar-refractivity contribution in [3.63, 3.8) is 0 Å². The minimum atomic E-state index is 0.0139. The molecule has 0 atom stereocenters. The van der Waals surface area contributed by atoms with Crippen molar-refractivity contribution in [3.05, 3.63) is 18.0 Å². The number of carbonyl (C=O) groups excluding carboxylic acids is 1. The summed E-state index contributed by atoms with van der Waals surface area (Å²) >= 11 is 0. The van der Waals surface area contributed by atoms with E-state index in [1.165, 1.54) is 19.3 Å². The van der Waals surface area contributed by atoms with Crippen LogP contribution in [-0.2, 0) is 16.0 Å². The molecule has 1 N–H and O–H groups in total. The fraction of sp³-hybridized carbons (Fsp3) is 0.647. The molecule has 0 aliphatic carbocycles. The molecule has 2 aromatic heterocycles. The number of aromatic nitrogens is 4. The van der Waals surface area contributed by atoms with E-state index in [2.05, 4.69) is 20.4 Å². The smallest absolute Gasteiger partial charge is 0.220 e. The molecule has 1 saturated heterocycles. The van der Waals surface area contributed by atoms with Crippen LogP contribution in [0.15, 0.2) is 12.1 Å². The molecule has 0 saturated carbocycles. The summed E-state index contributed by atoms with van der Waals surface area (Å²) in [6.07, 6.45) is 5.42. The fourth-order valence-electron chi connectivity index (χ4n) is 3.03. The molecule has 0 bridgehead atoms. The van der Waals surface area contributed by atoms with E-state index in [4.69, 9.17) is 9.84 Å². The molecule has 0 spiro atoms. The zero-order chi connectivity index (χ0) is 17.5. The van der Waals surface area contributed by atoms with Gasteiger partial charge in [0.25, 0.3) is 0 Å². The Balaban J connectivity index is 1.60. The summed E-state index contributed by atoms with van der Waals surface area (Å²) in [6, 6.07) is 3.94. The van der Waals surface area contributed by atoms with Crippen LogP contribution in [-0.4, -0.2) is 59.1 Å².